The number of aromatic nitrogens is 10. The van der Waals surface area contributed by atoms with Gasteiger partial charge in [-0.25, -0.2) is 39.3 Å². The lowest BCUT2D eigenvalue weighted by Gasteiger charge is -2.32. The van der Waals surface area contributed by atoms with Gasteiger partial charge >= 0.3 is 7.12 Å². The molecule has 3 aliphatic rings. The third kappa shape index (κ3) is 16.1. The summed E-state index contributed by atoms with van der Waals surface area (Å²) in [6.45, 7) is 35.2. The van der Waals surface area contributed by atoms with Gasteiger partial charge in [0.1, 0.15) is 36.5 Å². The Hall–Kier alpha value is -6.01. The fourth-order valence-corrected chi connectivity index (χ4v) is 11.2. The number of benzene rings is 2. The average molecular weight is 1200 g/mol. The molecule has 0 bridgehead atoms. The van der Waals surface area contributed by atoms with Crippen LogP contribution >= 0.6 is 11.6 Å². The first-order valence-electron chi connectivity index (χ1n) is 29.6. The van der Waals surface area contributed by atoms with Crippen LogP contribution in [-0.2, 0) is 54.6 Å². The second kappa shape index (κ2) is 27.6. The van der Waals surface area contributed by atoms with Gasteiger partial charge in [-0.15, -0.1) is 0 Å². The van der Waals surface area contributed by atoms with Crippen LogP contribution in [0, 0.1) is 0 Å². The summed E-state index contributed by atoms with van der Waals surface area (Å²) in [6.07, 6.45) is 12.9. The van der Waals surface area contributed by atoms with Crippen molar-refractivity contribution in [2.75, 3.05) is 75.6 Å². The number of anilines is 2. The van der Waals surface area contributed by atoms with Crippen LogP contribution in [0.4, 0.5) is 11.6 Å². The number of hydrogen-bond donors (Lipinski definition) is 0. The van der Waals surface area contributed by atoms with Crippen molar-refractivity contribution >= 4 is 73.8 Å². The molecule has 0 aliphatic carbocycles. The van der Waals surface area contributed by atoms with Gasteiger partial charge in [0.05, 0.1) is 48.7 Å². The first-order chi connectivity index (χ1) is 40.2. The van der Waals surface area contributed by atoms with Gasteiger partial charge in [-0.05, 0) is 129 Å². The minimum atomic E-state index is -1.17. The van der Waals surface area contributed by atoms with Crippen LogP contribution < -0.4 is 15.3 Å². The Labute approximate surface area is 503 Å². The predicted molar refractivity (Wildman–Crippen MR) is 343 cm³/mol. The monoisotopic (exact) mass is 1190 g/mol. The summed E-state index contributed by atoms with van der Waals surface area (Å²) in [5, 5.41) is 12.5. The number of halogens is 1. The van der Waals surface area contributed by atoms with E-state index in [-0.39, 0.29) is 0 Å². The van der Waals surface area contributed by atoms with Crippen LogP contribution in [0.3, 0.4) is 0 Å². The number of fused-ring (bicyclic) bond motifs is 2. The molecule has 0 atom stereocenters. The van der Waals surface area contributed by atoms with Crippen molar-refractivity contribution in [1.29, 1.82) is 0 Å². The van der Waals surface area contributed by atoms with Crippen LogP contribution in [0.2, 0.25) is 56.7 Å². The number of morpholine rings is 2. The van der Waals surface area contributed by atoms with E-state index in [9.17, 15) is 0 Å². The Kier molecular flexibility index (Phi) is 20.5. The van der Waals surface area contributed by atoms with E-state index in [1.807, 2.05) is 53.2 Å². The molecule has 3 fully saturated rings. The normalized spacial score (nSPS) is 16.2. The Morgan fingerprint density at radius 1 is 0.548 bits per heavy atom. The third-order valence-electron chi connectivity index (χ3n) is 15.6. The van der Waals surface area contributed by atoms with Gasteiger partial charge in [-0.2, -0.15) is 10.2 Å². The standard InChI is InChI=1S/C28H41BN4O4Si.C28H36N6O2Si.C6H7ClN2/c1-27(2)28(3,4)37-29(36-27)22-8-9-24-23(19-22)26(31-33(24)20-35-16-17-38(5,6)7)21-10-11-30-25(18-21)32-12-14-34-15-13-32;1-5-21-18-30-28(31-19-21)23-6-7-25-24(16-23)27(32-34(25)20-36-14-15-37(2,3)4)22-8-9-29-26(17-22)33-10-12-35-13-11-33;1-2-5-3-8-6(7)9-4-5/h8-11,18-19H,12-17,20H2,1-7H3;6-9,16-19H,5,10-15,20H2,1-4H3;3-4H,2H2,1H3. The van der Waals surface area contributed by atoms with E-state index in [2.05, 4.69) is 162 Å². The minimum Gasteiger partial charge on any atom is -0.399 e. The van der Waals surface area contributed by atoms with E-state index < -0.39 is 34.5 Å². The maximum atomic E-state index is 6.36. The van der Waals surface area contributed by atoms with Gasteiger partial charge in [-0.3, -0.25) is 0 Å². The second-order valence-electron chi connectivity index (χ2n) is 25.0. The van der Waals surface area contributed by atoms with E-state index in [0.717, 1.165) is 169 Å². The lowest BCUT2D eigenvalue weighted by atomic mass is 9.78. The summed E-state index contributed by atoms with van der Waals surface area (Å²) in [5.41, 5.74) is 9.32. The van der Waals surface area contributed by atoms with Crippen molar-refractivity contribution in [2.45, 2.75) is 130 Å². The maximum Gasteiger partial charge on any atom is 0.494 e. The molecule has 11 rings (SSSR count). The van der Waals surface area contributed by atoms with Crippen LogP contribution in [0.5, 0.6) is 0 Å². The van der Waals surface area contributed by atoms with Crippen LogP contribution in [0.25, 0.3) is 55.7 Å². The lowest BCUT2D eigenvalue weighted by molar-refractivity contribution is 0.00578. The van der Waals surface area contributed by atoms with E-state index in [4.69, 9.17) is 50.1 Å². The topological polar surface area (TPSA) is 175 Å². The van der Waals surface area contributed by atoms with Gasteiger partial charge in [0, 0.05) is 120 Å². The molecule has 84 heavy (non-hydrogen) atoms. The maximum absolute atomic E-state index is 6.36. The van der Waals surface area contributed by atoms with Gasteiger partial charge in [-0.1, -0.05) is 65.3 Å². The number of aryl methyl sites for hydroxylation is 2. The molecule has 0 N–H and O–H groups in total. The average Bonchev–Trinajstić information content (AvgIpc) is 4.19. The zero-order valence-corrected chi connectivity index (χ0v) is 54.1. The first kappa shape index (κ1) is 62.5. The molecule has 8 aromatic rings. The molecule has 2 aromatic carbocycles. The van der Waals surface area contributed by atoms with Crippen molar-refractivity contribution in [1.82, 2.24) is 49.5 Å². The van der Waals surface area contributed by atoms with Crippen molar-refractivity contribution in [3.8, 4) is 33.9 Å². The third-order valence-corrected chi connectivity index (χ3v) is 19.2. The summed E-state index contributed by atoms with van der Waals surface area (Å²) in [4.78, 5) is 30.6. The molecule has 22 heteroatoms. The Morgan fingerprint density at radius 3 is 1.44 bits per heavy atom. The molecule has 0 spiro atoms. The van der Waals surface area contributed by atoms with Crippen LogP contribution in [0.1, 0.15) is 52.7 Å². The molecule has 0 unspecified atom stereocenters. The fraction of sp³-hybridized carbons (Fsp3) is 0.484. The fourth-order valence-electron chi connectivity index (χ4n) is 9.59. The van der Waals surface area contributed by atoms with Gasteiger partial charge < -0.3 is 38.1 Å². The van der Waals surface area contributed by atoms with Crippen molar-refractivity contribution in [3.63, 3.8) is 0 Å². The summed E-state index contributed by atoms with van der Waals surface area (Å²) >= 11 is 5.45. The zero-order valence-electron chi connectivity index (χ0n) is 51.3. The molecule has 0 amide bonds. The predicted octanol–water partition coefficient (Wildman–Crippen LogP) is 11.5. The smallest absolute Gasteiger partial charge is 0.399 e. The van der Waals surface area contributed by atoms with Gasteiger partial charge in [0.2, 0.25) is 5.28 Å². The highest BCUT2D eigenvalue weighted by atomic mass is 35.5. The Morgan fingerprint density at radius 2 is 0.988 bits per heavy atom. The van der Waals surface area contributed by atoms with Crippen LogP contribution in [-0.4, -0.2) is 150 Å². The van der Waals surface area contributed by atoms with E-state index in [1.54, 1.807) is 12.4 Å². The first-order valence-corrected chi connectivity index (χ1v) is 37.3. The highest BCUT2D eigenvalue weighted by molar-refractivity contribution is 6.76. The Bertz CT molecular complexity index is 3420. The van der Waals surface area contributed by atoms with Gasteiger partial charge in [0.25, 0.3) is 0 Å². The van der Waals surface area contributed by atoms with E-state index in [1.165, 1.54) is 0 Å². The number of rotatable bonds is 18. The molecule has 18 nitrogen and oxygen atoms in total. The quantitative estimate of drug-likeness (QED) is 0.0450. The Balaban J connectivity index is 0.000000175. The number of nitrogens with zero attached hydrogens (tertiary/aromatic N) is 12. The zero-order chi connectivity index (χ0) is 59.7. The minimum absolute atomic E-state index is 0.312. The van der Waals surface area contributed by atoms with Crippen LogP contribution in [0.15, 0.2) is 97.8 Å². The molecule has 3 saturated heterocycles. The molecule has 0 saturated carbocycles. The molecule has 6 aromatic heterocycles. The molecule has 446 valence electrons. The summed E-state index contributed by atoms with van der Waals surface area (Å²) in [6, 6.07) is 23.2. The molecular weight excluding hydrogens is 1110 g/mol. The molecule has 0 radical (unpaired) electrons. The molecule has 9 heterocycles. The summed E-state index contributed by atoms with van der Waals surface area (Å²) in [7, 11) is -2.76. The lowest BCUT2D eigenvalue weighted by Crippen LogP contribution is -2.41. The SMILES string of the molecule is CC1(C)OB(c2ccc3c(c2)c(-c2ccnc(N4CCOCC4)c2)nn3COCC[Si](C)(C)C)OC1(C)C.CCc1cnc(-c2ccc3c(c2)c(-c2ccnc(N4CCOCC4)c2)nn3COCC[Si](C)(C)C)nc1.CCc1cnc(Cl)nc1. The number of hydrogen-bond acceptors (Lipinski definition) is 16. The number of ether oxygens (including phenoxy) is 4. The summed E-state index contributed by atoms with van der Waals surface area (Å²) < 4.78 is 39.9. The van der Waals surface area contributed by atoms with Crippen molar-refractivity contribution < 1.29 is 28.3 Å². The van der Waals surface area contributed by atoms with Gasteiger partial charge in [0.15, 0.2) is 5.82 Å². The number of pyridine rings is 2. The second-order valence-corrected chi connectivity index (χ2v) is 36.6. The highest BCUT2D eigenvalue weighted by Crippen LogP contribution is 2.38. The van der Waals surface area contributed by atoms with Crippen molar-refractivity contribution in [2.24, 2.45) is 0 Å². The van der Waals surface area contributed by atoms with Crippen molar-refractivity contribution in [3.05, 3.63) is 114 Å². The summed E-state index contributed by atoms with van der Waals surface area (Å²) in [5.74, 6) is 2.61. The highest BCUT2D eigenvalue weighted by Gasteiger charge is 2.51. The van der Waals surface area contributed by atoms with E-state index >= 15 is 0 Å². The molecular formula is C62H84BClN12O6Si2. The largest absolute Gasteiger partial charge is 0.494 e. The molecule has 3 aliphatic heterocycles. The van der Waals surface area contributed by atoms with E-state index in [0.29, 0.717) is 24.6 Å².